The van der Waals surface area contributed by atoms with Gasteiger partial charge in [-0.3, -0.25) is 23.7 Å². The molecule has 1 aliphatic heterocycles. The van der Waals surface area contributed by atoms with Gasteiger partial charge in [0, 0.05) is 31.3 Å². The summed E-state index contributed by atoms with van der Waals surface area (Å²) in [5.41, 5.74) is 4.22. The molecule has 0 aromatic carbocycles. The van der Waals surface area contributed by atoms with Crippen molar-refractivity contribution in [3.05, 3.63) is 44.8 Å². The van der Waals surface area contributed by atoms with Gasteiger partial charge in [-0.05, 0) is 38.5 Å². The highest BCUT2D eigenvalue weighted by molar-refractivity contribution is 7.66. The third kappa shape index (κ3) is 12.0. The van der Waals surface area contributed by atoms with Gasteiger partial charge >= 0.3 is 29.2 Å². The van der Waals surface area contributed by atoms with Gasteiger partial charge in [-0.1, -0.05) is 12.2 Å². The summed E-state index contributed by atoms with van der Waals surface area (Å²) in [5.74, 6) is -0.556. The number of amides is 1. The predicted molar refractivity (Wildman–Crippen MR) is 138 cm³/mol. The summed E-state index contributed by atoms with van der Waals surface area (Å²) in [6.07, 6.45) is 4.97. The number of aryl methyl sites for hydroxylation is 1. The van der Waals surface area contributed by atoms with Crippen LogP contribution in [0.2, 0.25) is 0 Å². The van der Waals surface area contributed by atoms with Crippen molar-refractivity contribution < 1.29 is 55.9 Å². The van der Waals surface area contributed by atoms with E-state index in [1.807, 2.05) is 6.08 Å². The van der Waals surface area contributed by atoms with Crippen LogP contribution >= 0.6 is 23.5 Å². The van der Waals surface area contributed by atoms with E-state index in [-0.39, 0.29) is 17.9 Å². The van der Waals surface area contributed by atoms with E-state index in [1.165, 1.54) is 13.1 Å². The number of phosphoric acid groups is 3. The second-order valence-corrected chi connectivity index (χ2v) is 13.1. The Morgan fingerprint density at radius 1 is 1.20 bits per heavy atom. The average molecular weight is 634 g/mol. The molecule has 18 nitrogen and oxygen atoms in total. The molecule has 0 radical (unpaired) electrons. The molecule has 2 unspecified atom stereocenters. The average Bonchev–Trinajstić information content (AvgIpc) is 3.21. The van der Waals surface area contributed by atoms with Crippen LogP contribution in [0.1, 0.15) is 43.9 Å². The first-order valence-electron chi connectivity index (χ1n) is 11.9. The van der Waals surface area contributed by atoms with E-state index in [1.54, 1.807) is 6.08 Å². The molecular weight excluding hydrogens is 601 g/mol. The van der Waals surface area contributed by atoms with Gasteiger partial charge in [0.15, 0.2) is 0 Å². The van der Waals surface area contributed by atoms with Crippen LogP contribution in [-0.4, -0.2) is 60.8 Å². The van der Waals surface area contributed by atoms with Crippen LogP contribution in [0.15, 0.2) is 27.9 Å². The predicted octanol–water partition coefficient (Wildman–Crippen LogP) is 0.284. The number of allylic oxidation sites excluding steroid dienone is 2. The fourth-order valence-electron chi connectivity index (χ4n) is 3.72. The summed E-state index contributed by atoms with van der Waals surface area (Å²) in [5, 5.41) is 2.66. The molecule has 2 rings (SSSR count). The number of hydrogen-bond acceptors (Lipinski definition) is 11. The molecule has 0 saturated carbocycles. The zero-order valence-corrected chi connectivity index (χ0v) is 24.0. The molecule has 1 saturated heterocycles. The fraction of sp³-hybridized carbons (Fsp3) is 0.632. The van der Waals surface area contributed by atoms with Crippen molar-refractivity contribution >= 4 is 29.4 Å². The zero-order valence-electron chi connectivity index (χ0n) is 21.4. The number of nitrogens with one attached hydrogen (secondary N) is 2. The molecule has 2 heterocycles. The van der Waals surface area contributed by atoms with E-state index < -0.39 is 59.6 Å². The van der Waals surface area contributed by atoms with E-state index in [0.717, 1.165) is 4.57 Å². The first kappa shape index (κ1) is 34.4. The number of aromatic nitrogens is 2. The minimum absolute atomic E-state index is 0.126. The quantitative estimate of drug-likeness (QED) is 0.0731. The number of nitrogens with zero attached hydrogens (tertiary/aromatic N) is 1. The Morgan fingerprint density at radius 2 is 1.90 bits per heavy atom. The van der Waals surface area contributed by atoms with Crippen molar-refractivity contribution in [3.8, 4) is 0 Å². The smallest absolute Gasteiger partial charge is 0.355 e. The lowest BCUT2D eigenvalue weighted by molar-refractivity contribution is -0.121. The Balaban J connectivity index is 2.08. The van der Waals surface area contributed by atoms with Crippen molar-refractivity contribution in [2.45, 2.75) is 51.4 Å². The number of hydrogen-bond donors (Lipinski definition) is 7. The molecule has 1 aromatic rings. The summed E-state index contributed by atoms with van der Waals surface area (Å²) in [7, 11) is -16.6. The van der Waals surface area contributed by atoms with Gasteiger partial charge < -0.3 is 35.4 Å². The molecular formula is C19H33N4O14P3. The maximum Gasteiger partial charge on any atom is 0.490 e. The number of rotatable bonds is 16. The van der Waals surface area contributed by atoms with Crippen LogP contribution in [0.3, 0.4) is 0 Å². The monoisotopic (exact) mass is 634 g/mol. The Labute approximate surface area is 228 Å². The summed E-state index contributed by atoms with van der Waals surface area (Å²) < 4.78 is 53.7. The molecule has 5 atom stereocenters. The van der Waals surface area contributed by atoms with E-state index in [2.05, 4.69) is 18.9 Å². The Kier molecular flexibility index (Phi) is 12.8. The second-order valence-electron chi connectivity index (χ2n) is 8.73. The Bertz CT molecular complexity index is 1310. The van der Waals surface area contributed by atoms with Gasteiger partial charge in [0.25, 0.3) is 5.56 Å². The van der Waals surface area contributed by atoms with Gasteiger partial charge in [0.2, 0.25) is 5.91 Å². The van der Waals surface area contributed by atoms with Crippen molar-refractivity contribution in [1.82, 2.24) is 14.9 Å². The lowest BCUT2D eigenvalue weighted by Crippen LogP contribution is -2.33. The van der Waals surface area contributed by atoms with E-state index in [4.69, 9.17) is 24.8 Å². The minimum Gasteiger partial charge on any atom is -0.355 e. The van der Waals surface area contributed by atoms with Gasteiger partial charge in [-0.2, -0.15) is 8.62 Å². The van der Waals surface area contributed by atoms with E-state index in [9.17, 15) is 37.9 Å². The van der Waals surface area contributed by atoms with Gasteiger partial charge in [0.05, 0.1) is 12.7 Å². The first-order chi connectivity index (χ1) is 18.5. The number of H-pyrrole nitrogens is 1. The molecule has 1 fully saturated rings. The highest BCUT2D eigenvalue weighted by atomic mass is 31.3. The first-order valence-corrected chi connectivity index (χ1v) is 16.4. The second kappa shape index (κ2) is 14.9. The summed E-state index contributed by atoms with van der Waals surface area (Å²) in [4.78, 5) is 74.3. The largest absolute Gasteiger partial charge is 0.490 e. The fourth-order valence-corrected chi connectivity index (χ4v) is 6.75. The van der Waals surface area contributed by atoms with E-state index >= 15 is 0 Å². The van der Waals surface area contributed by atoms with Crippen LogP contribution in [0.5, 0.6) is 0 Å². The molecule has 0 bridgehead atoms. The van der Waals surface area contributed by atoms with Crippen molar-refractivity contribution in [2.75, 3.05) is 19.7 Å². The number of ether oxygens (including phenoxy) is 1. The number of carbonyl (C=O) groups excluding carboxylic acids is 1. The van der Waals surface area contributed by atoms with Crippen LogP contribution in [0.4, 0.5) is 0 Å². The molecule has 21 heteroatoms. The van der Waals surface area contributed by atoms with Gasteiger partial charge in [0.1, 0.15) is 6.23 Å². The Morgan fingerprint density at radius 3 is 2.55 bits per heavy atom. The lowest BCUT2D eigenvalue weighted by atomic mass is 9.96. The summed E-state index contributed by atoms with van der Waals surface area (Å²) >= 11 is 0. The number of aromatic amines is 1. The maximum absolute atomic E-state index is 12.3. The van der Waals surface area contributed by atoms with Crippen LogP contribution < -0.4 is 22.3 Å². The zero-order chi connectivity index (χ0) is 30.1. The summed E-state index contributed by atoms with van der Waals surface area (Å²) in [6.45, 7) is 1.51. The standard InChI is InChI=1S/C19H33N4O14P3/c1-13-11-23(19(26)22-18(13)25)17-10-14(6-4-2-3-5-7-16(24)21-9-8-20)15(35-17)12-34-39(30,31)37-40(32,33)36-38(27,28)29/h2,4,11,14-15,17H,3,5-10,12,20H2,1H3,(H,21,24)(H,30,31)(H,32,33)(H,22,25,26)(H2,27,28,29)/b4-2-/t14-,15+,17+/m0/s1. The molecule has 0 aliphatic carbocycles. The third-order valence-electron chi connectivity index (χ3n) is 5.48. The highest BCUT2D eigenvalue weighted by Crippen LogP contribution is 2.66. The number of carbonyl (C=O) groups is 1. The van der Waals surface area contributed by atoms with Crippen molar-refractivity contribution in [2.24, 2.45) is 11.7 Å². The molecule has 1 aliphatic rings. The highest BCUT2D eigenvalue weighted by Gasteiger charge is 2.43. The van der Waals surface area contributed by atoms with Gasteiger partial charge in [-0.15, -0.1) is 0 Å². The minimum atomic E-state index is -5.70. The molecule has 228 valence electrons. The Hall–Kier alpha value is -1.78. The molecule has 40 heavy (non-hydrogen) atoms. The van der Waals surface area contributed by atoms with Crippen LogP contribution in [0.25, 0.3) is 0 Å². The van der Waals surface area contributed by atoms with E-state index in [0.29, 0.717) is 38.8 Å². The normalized spacial score (nSPS) is 22.7. The SMILES string of the molecule is Cc1cn([C@H]2C[C@H](C/C=C\CCCC(=O)NCCN)[C@@H](COP(=O)(O)OP(=O)(O)OP(=O)(O)O)O2)c(=O)[nH]c1=O. The molecule has 0 spiro atoms. The van der Waals surface area contributed by atoms with Crippen molar-refractivity contribution in [3.63, 3.8) is 0 Å². The van der Waals surface area contributed by atoms with Crippen LogP contribution in [0, 0.1) is 12.8 Å². The van der Waals surface area contributed by atoms with Crippen molar-refractivity contribution in [1.29, 1.82) is 0 Å². The topological polar surface area (TPSA) is 279 Å². The summed E-state index contributed by atoms with van der Waals surface area (Å²) in [6, 6.07) is 0. The molecule has 8 N–H and O–H groups in total. The number of phosphoric ester groups is 1. The number of unbranched alkanes of at least 4 members (excludes halogenated alkanes) is 1. The van der Waals surface area contributed by atoms with Gasteiger partial charge in [-0.25, -0.2) is 18.5 Å². The maximum atomic E-state index is 12.3. The third-order valence-corrected chi connectivity index (χ3v) is 9.29. The number of nitrogens with two attached hydrogens (primary N) is 1. The van der Waals surface area contributed by atoms with Crippen LogP contribution in [-0.2, 0) is 36.4 Å². The molecule has 1 aromatic heterocycles. The lowest BCUT2D eigenvalue weighted by Gasteiger charge is -2.20. The molecule has 1 amide bonds.